The van der Waals surface area contributed by atoms with Crippen molar-refractivity contribution in [2.75, 3.05) is 11.6 Å². The van der Waals surface area contributed by atoms with E-state index >= 15 is 0 Å². The standard InChI is InChI=1S/C27H30N4O4S/c1-17-18(2)24(35-25-11-12-28-23-9-8-21(14-22(23)25)36(6,33)34)10-7-19(17)13-26(32)30-20-15-29-31(16-20)27(3,4)5/h7-12,14-16H,13H2,1-6H3,(H,30,32). The predicted octanol–water partition coefficient (Wildman–Crippen LogP) is 5.18. The fourth-order valence-corrected chi connectivity index (χ4v) is 4.47. The number of hydrogen-bond donors (Lipinski definition) is 1. The molecular formula is C27H30N4O4S. The van der Waals surface area contributed by atoms with Crippen molar-refractivity contribution in [2.45, 2.75) is 51.5 Å². The number of carbonyl (C=O) groups excluding carboxylic acids is 1. The summed E-state index contributed by atoms with van der Waals surface area (Å²) in [5.74, 6) is 1.00. The van der Waals surface area contributed by atoms with Gasteiger partial charge < -0.3 is 10.1 Å². The molecule has 9 heteroatoms. The molecule has 4 rings (SSSR count). The predicted molar refractivity (Wildman–Crippen MR) is 140 cm³/mol. The maximum absolute atomic E-state index is 12.7. The Morgan fingerprint density at radius 1 is 1.06 bits per heavy atom. The number of nitrogens with zero attached hydrogens (tertiary/aromatic N) is 3. The summed E-state index contributed by atoms with van der Waals surface area (Å²) in [6.45, 7) is 10.0. The first-order valence-corrected chi connectivity index (χ1v) is 13.4. The van der Waals surface area contributed by atoms with Gasteiger partial charge in [0.25, 0.3) is 0 Å². The van der Waals surface area contributed by atoms with Crippen molar-refractivity contribution in [3.63, 3.8) is 0 Å². The molecule has 1 amide bonds. The number of fused-ring (bicyclic) bond motifs is 1. The molecule has 0 radical (unpaired) electrons. The molecule has 0 saturated heterocycles. The van der Waals surface area contributed by atoms with E-state index in [4.69, 9.17) is 4.74 Å². The third-order valence-electron chi connectivity index (χ3n) is 6.08. The van der Waals surface area contributed by atoms with Gasteiger partial charge in [0, 0.05) is 24.0 Å². The van der Waals surface area contributed by atoms with Gasteiger partial charge in [0.1, 0.15) is 11.5 Å². The summed E-state index contributed by atoms with van der Waals surface area (Å²) in [5, 5.41) is 7.84. The van der Waals surface area contributed by atoms with Crippen LogP contribution in [0.2, 0.25) is 0 Å². The minimum absolute atomic E-state index is 0.131. The number of pyridine rings is 1. The molecule has 0 bridgehead atoms. The van der Waals surface area contributed by atoms with Crippen LogP contribution < -0.4 is 10.1 Å². The van der Waals surface area contributed by atoms with E-state index in [9.17, 15) is 13.2 Å². The first kappa shape index (κ1) is 25.4. The molecular weight excluding hydrogens is 476 g/mol. The van der Waals surface area contributed by atoms with Crippen LogP contribution in [0.1, 0.15) is 37.5 Å². The molecule has 0 atom stereocenters. The maximum Gasteiger partial charge on any atom is 0.228 e. The number of rotatable bonds is 6. The molecule has 2 aromatic carbocycles. The van der Waals surface area contributed by atoms with Crippen LogP contribution in [-0.2, 0) is 26.6 Å². The van der Waals surface area contributed by atoms with Gasteiger partial charge in [-0.25, -0.2) is 8.42 Å². The molecule has 0 aliphatic carbocycles. The highest BCUT2D eigenvalue weighted by molar-refractivity contribution is 7.90. The minimum atomic E-state index is -3.37. The van der Waals surface area contributed by atoms with Crippen molar-refractivity contribution < 1.29 is 17.9 Å². The molecule has 36 heavy (non-hydrogen) atoms. The minimum Gasteiger partial charge on any atom is -0.456 e. The number of aromatic nitrogens is 3. The molecule has 0 unspecified atom stereocenters. The van der Waals surface area contributed by atoms with E-state index in [1.807, 2.05) is 57.6 Å². The van der Waals surface area contributed by atoms with Crippen LogP contribution in [0.3, 0.4) is 0 Å². The molecule has 2 aromatic heterocycles. The van der Waals surface area contributed by atoms with Gasteiger partial charge in [-0.05, 0) is 81.6 Å². The summed E-state index contributed by atoms with van der Waals surface area (Å²) in [6, 6.07) is 10.2. The molecule has 8 nitrogen and oxygen atoms in total. The number of anilines is 1. The van der Waals surface area contributed by atoms with Crippen LogP contribution in [0.4, 0.5) is 5.69 Å². The highest BCUT2D eigenvalue weighted by atomic mass is 32.2. The molecule has 0 aliphatic rings. The van der Waals surface area contributed by atoms with Gasteiger partial charge in [0.2, 0.25) is 5.91 Å². The smallest absolute Gasteiger partial charge is 0.228 e. The summed E-state index contributed by atoms with van der Waals surface area (Å²) < 4.78 is 32.1. The highest BCUT2D eigenvalue weighted by Crippen LogP contribution is 2.34. The highest BCUT2D eigenvalue weighted by Gasteiger charge is 2.17. The molecule has 1 N–H and O–H groups in total. The number of hydrogen-bond acceptors (Lipinski definition) is 6. The lowest BCUT2D eigenvalue weighted by atomic mass is 9.99. The second-order valence-electron chi connectivity index (χ2n) is 9.90. The molecule has 188 valence electrons. The zero-order chi connectivity index (χ0) is 26.3. The molecule has 0 aliphatic heterocycles. The Bertz CT molecular complexity index is 1570. The first-order valence-electron chi connectivity index (χ1n) is 11.5. The van der Waals surface area contributed by atoms with E-state index in [1.54, 1.807) is 30.6 Å². The van der Waals surface area contributed by atoms with Crippen molar-refractivity contribution in [3.8, 4) is 11.5 Å². The van der Waals surface area contributed by atoms with E-state index in [0.717, 1.165) is 16.7 Å². The van der Waals surface area contributed by atoms with Gasteiger partial charge in [0.05, 0.1) is 34.3 Å². The van der Waals surface area contributed by atoms with Crippen LogP contribution >= 0.6 is 0 Å². The van der Waals surface area contributed by atoms with Crippen LogP contribution in [0.25, 0.3) is 10.9 Å². The molecule has 0 fully saturated rings. The van der Waals surface area contributed by atoms with Crippen molar-refractivity contribution in [1.29, 1.82) is 0 Å². The number of benzene rings is 2. The second-order valence-corrected chi connectivity index (χ2v) is 11.9. The summed E-state index contributed by atoms with van der Waals surface area (Å²) in [7, 11) is -3.37. The van der Waals surface area contributed by atoms with E-state index in [1.165, 1.54) is 12.3 Å². The summed E-state index contributed by atoms with van der Waals surface area (Å²) in [4.78, 5) is 17.2. The maximum atomic E-state index is 12.7. The van der Waals surface area contributed by atoms with Gasteiger partial charge in [-0.3, -0.25) is 14.5 Å². The Hall–Kier alpha value is -3.72. The van der Waals surface area contributed by atoms with Gasteiger partial charge in [-0.2, -0.15) is 5.10 Å². The number of ether oxygens (including phenoxy) is 1. The largest absolute Gasteiger partial charge is 0.456 e. The van der Waals surface area contributed by atoms with Crippen LogP contribution in [0.15, 0.2) is 59.9 Å². The summed E-state index contributed by atoms with van der Waals surface area (Å²) in [5.41, 5.74) is 3.85. The average molecular weight is 507 g/mol. The molecule has 2 heterocycles. The van der Waals surface area contributed by atoms with E-state index < -0.39 is 9.84 Å². The van der Waals surface area contributed by atoms with Crippen molar-refractivity contribution in [3.05, 3.63) is 71.7 Å². The van der Waals surface area contributed by atoms with E-state index in [2.05, 4.69) is 15.4 Å². The second kappa shape index (κ2) is 9.39. The Kier molecular flexibility index (Phi) is 6.62. The third kappa shape index (κ3) is 5.41. The first-order chi connectivity index (χ1) is 16.8. The number of amides is 1. The normalized spacial score (nSPS) is 12.1. The lowest BCUT2D eigenvalue weighted by molar-refractivity contribution is -0.115. The Morgan fingerprint density at radius 3 is 2.47 bits per heavy atom. The summed E-state index contributed by atoms with van der Waals surface area (Å²) >= 11 is 0. The average Bonchev–Trinajstić information content (AvgIpc) is 3.27. The van der Waals surface area contributed by atoms with Crippen LogP contribution in [0.5, 0.6) is 11.5 Å². The topological polar surface area (TPSA) is 103 Å². The van der Waals surface area contributed by atoms with Crippen molar-refractivity contribution >= 4 is 32.3 Å². The molecule has 0 spiro atoms. The van der Waals surface area contributed by atoms with E-state index in [0.29, 0.717) is 28.1 Å². The van der Waals surface area contributed by atoms with Gasteiger partial charge in [0.15, 0.2) is 9.84 Å². The van der Waals surface area contributed by atoms with Crippen LogP contribution in [-0.4, -0.2) is 35.3 Å². The Labute approximate surface area is 211 Å². The fourth-order valence-electron chi connectivity index (χ4n) is 3.82. The lowest BCUT2D eigenvalue weighted by Gasteiger charge is -2.18. The van der Waals surface area contributed by atoms with Gasteiger partial charge in [-0.15, -0.1) is 0 Å². The number of nitrogens with one attached hydrogen (secondary N) is 1. The van der Waals surface area contributed by atoms with Gasteiger partial charge in [-0.1, -0.05) is 6.07 Å². The molecule has 0 saturated carbocycles. The zero-order valence-electron chi connectivity index (χ0n) is 21.3. The third-order valence-corrected chi connectivity index (χ3v) is 7.19. The number of carbonyl (C=O) groups is 1. The Morgan fingerprint density at radius 2 is 1.81 bits per heavy atom. The Balaban J connectivity index is 1.55. The van der Waals surface area contributed by atoms with Gasteiger partial charge >= 0.3 is 0 Å². The SMILES string of the molecule is Cc1c(CC(=O)Nc2cnn(C(C)(C)C)c2)ccc(Oc2ccnc3ccc(S(C)(=O)=O)cc23)c1C. The monoisotopic (exact) mass is 506 g/mol. The zero-order valence-corrected chi connectivity index (χ0v) is 22.1. The summed E-state index contributed by atoms with van der Waals surface area (Å²) in [6.07, 6.45) is 6.47. The van der Waals surface area contributed by atoms with Crippen molar-refractivity contribution in [2.24, 2.45) is 0 Å². The van der Waals surface area contributed by atoms with Crippen molar-refractivity contribution in [1.82, 2.24) is 14.8 Å². The van der Waals surface area contributed by atoms with E-state index in [-0.39, 0.29) is 22.8 Å². The lowest BCUT2D eigenvalue weighted by Crippen LogP contribution is -2.22. The fraction of sp³-hybridized carbons (Fsp3) is 0.296. The molecule has 4 aromatic rings. The van der Waals surface area contributed by atoms with Crippen LogP contribution in [0, 0.1) is 13.8 Å². The number of sulfone groups is 1. The quantitative estimate of drug-likeness (QED) is 0.386.